The lowest BCUT2D eigenvalue weighted by atomic mass is 9.96. The van der Waals surface area contributed by atoms with Crippen LogP contribution in [0.5, 0.6) is 11.5 Å². The Bertz CT molecular complexity index is 1040. The van der Waals surface area contributed by atoms with Crippen molar-refractivity contribution < 1.29 is 27.5 Å². The van der Waals surface area contributed by atoms with Crippen molar-refractivity contribution in [1.29, 1.82) is 0 Å². The largest absolute Gasteiger partial charge is 0.454 e. The normalized spacial score (nSPS) is 20.9. The van der Waals surface area contributed by atoms with Crippen molar-refractivity contribution in [3.8, 4) is 11.5 Å². The highest BCUT2D eigenvalue weighted by molar-refractivity contribution is 7.88. The van der Waals surface area contributed by atoms with Crippen LogP contribution in [-0.2, 0) is 19.8 Å². The molecule has 1 fully saturated rings. The van der Waals surface area contributed by atoms with E-state index in [1.807, 2.05) is 0 Å². The first kappa shape index (κ1) is 19.2. The Morgan fingerprint density at radius 3 is 2.55 bits per heavy atom. The molecule has 0 aliphatic carbocycles. The summed E-state index contributed by atoms with van der Waals surface area (Å²) < 4.78 is 40.4. The van der Waals surface area contributed by atoms with Gasteiger partial charge in [-0.05, 0) is 37.1 Å². The molecule has 1 saturated heterocycles. The Balaban J connectivity index is 1.63. The van der Waals surface area contributed by atoms with Gasteiger partial charge in [0.05, 0.1) is 5.71 Å². The number of carbonyl (C=O) groups excluding carboxylic acids is 2. The third-order valence-corrected chi connectivity index (χ3v) is 6.56. The van der Waals surface area contributed by atoms with Gasteiger partial charge in [0, 0.05) is 31.6 Å². The molecule has 11 heteroatoms. The van der Waals surface area contributed by atoms with E-state index >= 15 is 0 Å². The average Bonchev–Trinajstić information content (AvgIpc) is 3.17. The number of nitrogens with two attached hydrogens (primary N) is 1. The van der Waals surface area contributed by atoms with Gasteiger partial charge < -0.3 is 20.1 Å². The fourth-order valence-electron chi connectivity index (χ4n) is 3.47. The van der Waals surface area contributed by atoms with Crippen LogP contribution in [-0.4, -0.2) is 62.1 Å². The fraction of sp³-hybridized carbons (Fsp3) is 0.389. The number of nitrogens with zero attached hydrogens (tertiary/aromatic N) is 3. The number of ether oxygens (including phenoxy) is 2. The van der Waals surface area contributed by atoms with Gasteiger partial charge in [-0.15, -0.1) is 4.40 Å². The van der Waals surface area contributed by atoms with Crippen molar-refractivity contribution in [3.05, 3.63) is 35.5 Å². The molecular weight excluding hydrogens is 400 g/mol. The number of allylic oxidation sites excluding steroid dienone is 1. The minimum atomic E-state index is -4.07. The summed E-state index contributed by atoms with van der Waals surface area (Å²) in [6, 6.07) is 4.94. The molecule has 2 N–H and O–H groups in total. The molecule has 0 aromatic heterocycles. The van der Waals surface area contributed by atoms with Crippen LogP contribution in [0.25, 0.3) is 0 Å². The number of hydrogen-bond acceptors (Lipinski definition) is 6. The molecule has 0 spiro atoms. The maximum absolute atomic E-state index is 13.0. The Labute approximate surface area is 167 Å². The maximum Gasteiger partial charge on any atom is 0.345 e. The predicted molar refractivity (Wildman–Crippen MR) is 102 cm³/mol. The SMILES string of the molecule is CN1C(C(=O)N2CCC(C(N)=O)CC2)=CC(c2ccc3c(c2)OCO3)=NS1(=O)=O. The molecule has 0 atom stereocenters. The Morgan fingerprint density at radius 2 is 1.86 bits per heavy atom. The van der Waals surface area contributed by atoms with E-state index in [1.165, 1.54) is 18.0 Å². The summed E-state index contributed by atoms with van der Waals surface area (Å²) in [4.78, 5) is 25.9. The van der Waals surface area contributed by atoms with Crippen molar-refractivity contribution in [2.24, 2.45) is 16.0 Å². The molecule has 0 saturated carbocycles. The number of carbonyl (C=O) groups is 2. The van der Waals surface area contributed by atoms with Crippen LogP contribution in [0.3, 0.4) is 0 Å². The number of rotatable bonds is 3. The van der Waals surface area contributed by atoms with Crippen LogP contribution in [0.1, 0.15) is 18.4 Å². The first-order valence-electron chi connectivity index (χ1n) is 9.05. The smallest absolute Gasteiger partial charge is 0.345 e. The maximum atomic E-state index is 13.0. The minimum Gasteiger partial charge on any atom is -0.454 e. The van der Waals surface area contributed by atoms with E-state index in [9.17, 15) is 18.0 Å². The Hall–Kier alpha value is -3.08. The van der Waals surface area contributed by atoms with Crippen molar-refractivity contribution in [2.45, 2.75) is 12.8 Å². The number of likely N-dealkylation sites (tertiary alicyclic amines) is 1. The van der Waals surface area contributed by atoms with Gasteiger partial charge in [-0.1, -0.05) is 0 Å². The second-order valence-corrected chi connectivity index (χ2v) is 8.61. The van der Waals surface area contributed by atoms with Crippen LogP contribution in [0.15, 0.2) is 34.4 Å². The molecule has 29 heavy (non-hydrogen) atoms. The predicted octanol–water partition coefficient (Wildman–Crippen LogP) is 0.00240. The number of primary amides is 1. The van der Waals surface area contributed by atoms with Crippen LogP contribution in [0.4, 0.5) is 0 Å². The second-order valence-electron chi connectivity index (χ2n) is 6.99. The number of fused-ring (bicyclic) bond motifs is 1. The zero-order chi connectivity index (χ0) is 20.8. The quantitative estimate of drug-likeness (QED) is 0.732. The van der Waals surface area contributed by atoms with Crippen molar-refractivity contribution in [2.75, 3.05) is 26.9 Å². The zero-order valence-electron chi connectivity index (χ0n) is 15.7. The Kier molecular flexibility index (Phi) is 4.69. The summed E-state index contributed by atoms with van der Waals surface area (Å²) in [6.07, 6.45) is 2.35. The molecule has 0 bridgehead atoms. The van der Waals surface area contributed by atoms with E-state index in [0.29, 0.717) is 43.0 Å². The molecule has 3 aliphatic heterocycles. The minimum absolute atomic E-state index is 0.00908. The summed E-state index contributed by atoms with van der Waals surface area (Å²) in [5, 5.41) is 0. The molecular formula is C18H20N4O6S. The molecule has 3 heterocycles. The number of piperidine rings is 1. The van der Waals surface area contributed by atoms with Gasteiger partial charge in [0.15, 0.2) is 11.5 Å². The lowest BCUT2D eigenvalue weighted by molar-refractivity contribution is -0.132. The molecule has 154 valence electrons. The molecule has 4 rings (SSSR count). The van der Waals surface area contributed by atoms with Gasteiger partial charge in [0.2, 0.25) is 12.7 Å². The zero-order valence-corrected chi connectivity index (χ0v) is 16.5. The standard InChI is InChI=1S/C18H20N4O6S/c1-21-14(18(24)22-6-4-11(5-7-22)17(19)23)9-13(20-29(21,25)26)12-2-3-15-16(8-12)28-10-27-15/h2-3,8-9,11H,4-7,10H2,1H3,(H2,19,23). The summed E-state index contributed by atoms with van der Waals surface area (Å²) in [7, 11) is -2.78. The highest BCUT2D eigenvalue weighted by Gasteiger charge is 2.34. The summed E-state index contributed by atoms with van der Waals surface area (Å²) in [5.41, 5.74) is 5.95. The van der Waals surface area contributed by atoms with E-state index in [2.05, 4.69) is 4.40 Å². The van der Waals surface area contributed by atoms with E-state index in [4.69, 9.17) is 15.2 Å². The molecule has 1 aromatic rings. The average molecular weight is 420 g/mol. The topological polar surface area (TPSA) is 132 Å². The third kappa shape index (κ3) is 3.53. The summed E-state index contributed by atoms with van der Waals surface area (Å²) >= 11 is 0. The number of hydrogen-bond donors (Lipinski definition) is 1. The number of amides is 2. The van der Waals surface area contributed by atoms with E-state index in [1.54, 1.807) is 18.2 Å². The lowest BCUT2D eigenvalue weighted by Gasteiger charge is -2.33. The van der Waals surface area contributed by atoms with Gasteiger partial charge in [0.25, 0.3) is 5.91 Å². The van der Waals surface area contributed by atoms with Crippen LogP contribution in [0.2, 0.25) is 0 Å². The first-order valence-corrected chi connectivity index (χ1v) is 10.4. The third-order valence-electron chi connectivity index (χ3n) is 5.24. The van der Waals surface area contributed by atoms with Gasteiger partial charge in [-0.25, -0.2) is 4.31 Å². The van der Waals surface area contributed by atoms with E-state index in [0.717, 1.165) is 4.31 Å². The molecule has 1 aromatic carbocycles. The monoisotopic (exact) mass is 420 g/mol. The van der Waals surface area contributed by atoms with Gasteiger partial charge >= 0.3 is 10.2 Å². The summed E-state index contributed by atoms with van der Waals surface area (Å²) in [6.45, 7) is 0.746. The lowest BCUT2D eigenvalue weighted by Crippen LogP contribution is -2.45. The molecule has 0 radical (unpaired) electrons. The van der Waals surface area contributed by atoms with Crippen molar-refractivity contribution >= 4 is 27.7 Å². The van der Waals surface area contributed by atoms with Crippen molar-refractivity contribution in [3.63, 3.8) is 0 Å². The molecule has 2 amide bonds. The van der Waals surface area contributed by atoms with Gasteiger partial charge in [-0.2, -0.15) is 8.42 Å². The first-order chi connectivity index (χ1) is 13.8. The van der Waals surface area contributed by atoms with Gasteiger partial charge in [0.1, 0.15) is 5.70 Å². The van der Waals surface area contributed by atoms with Crippen LogP contribution >= 0.6 is 0 Å². The second kappa shape index (κ2) is 7.07. The highest BCUT2D eigenvalue weighted by atomic mass is 32.2. The number of likely N-dealkylation sites (N-methyl/N-ethyl adjacent to an activating group) is 1. The Morgan fingerprint density at radius 1 is 1.17 bits per heavy atom. The van der Waals surface area contributed by atoms with E-state index in [-0.39, 0.29) is 30.0 Å². The van der Waals surface area contributed by atoms with Crippen LogP contribution < -0.4 is 15.2 Å². The molecule has 0 unspecified atom stereocenters. The summed E-state index contributed by atoms with van der Waals surface area (Å²) in [5.74, 6) is -0.0521. The van der Waals surface area contributed by atoms with Crippen LogP contribution in [0, 0.1) is 5.92 Å². The number of benzene rings is 1. The molecule has 3 aliphatic rings. The van der Waals surface area contributed by atoms with Gasteiger partial charge in [-0.3, -0.25) is 9.59 Å². The van der Waals surface area contributed by atoms with Crippen molar-refractivity contribution in [1.82, 2.24) is 9.21 Å². The molecule has 10 nitrogen and oxygen atoms in total. The fourth-order valence-corrected chi connectivity index (χ4v) is 4.38. The highest BCUT2D eigenvalue weighted by Crippen LogP contribution is 2.33. The van der Waals surface area contributed by atoms with E-state index < -0.39 is 16.1 Å².